The summed E-state index contributed by atoms with van der Waals surface area (Å²) >= 11 is 5.74. The van der Waals surface area contributed by atoms with Crippen LogP contribution in [0.4, 0.5) is 0 Å². The number of aromatic nitrogens is 2. The number of carbonyl (C=O) groups is 1. The Hall–Kier alpha value is -2.14. The van der Waals surface area contributed by atoms with Crippen LogP contribution in [-0.4, -0.2) is 21.0 Å². The number of nitrogens with zero attached hydrogens (tertiary/aromatic N) is 2. The van der Waals surface area contributed by atoms with Crippen LogP contribution in [0.2, 0.25) is 5.02 Å². The minimum Gasteiger partial charge on any atom is -0.478 e. The molecule has 2 aromatic rings. The minimum absolute atomic E-state index is 0.0346. The molecule has 0 radical (unpaired) electrons. The summed E-state index contributed by atoms with van der Waals surface area (Å²) in [5.41, 5.74) is 0.693. The molecular formula is C12H9ClN2O3. The number of ether oxygens (including phenoxy) is 1. The van der Waals surface area contributed by atoms with E-state index in [2.05, 4.69) is 9.97 Å². The van der Waals surface area contributed by atoms with Gasteiger partial charge in [0.2, 0.25) is 0 Å². The van der Waals surface area contributed by atoms with Crippen molar-refractivity contribution in [3.8, 4) is 11.8 Å². The monoisotopic (exact) mass is 264 g/mol. The van der Waals surface area contributed by atoms with E-state index in [9.17, 15) is 4.79 Å². The van der Waals surface area contributed by atoms with Crippen molar-refractivity contribution in [1.82, 2.24) is 9.97 Å². The van der Waals surface area contributed by atoms with E-state index >= 15 is 0 Å². The van der Waals surface area contributed by atoms with Crippen molar-refractivity contribution in [2.75, 3.05) is 0 Å². The van der Waals surface area contributed by atoms with Gasteiger partial charge in [0.25, 0.3) is 0 Å². The summed E-state index contributed by atoms with van der Waals surface area (Å²) in [6.45, 7) is 1.79. The van der Waals surface area contributed by atoms with Crippen molar-refractivity contribution in [1.29, 1.82) is 0 Å². The van der Waals surface area contributed by atoms with Gasteiger partial charge in [-0.05, 0) is 31.2 Å². The molecule has 0 saturated heterocycles. The van der Waals surface area contributed by atoms with E-state index in [0.29, 0.717) is 5.02 Å². The van der Waals surface area contributed by atoms with Gasteiger partial charge in [0.05, 0.1) is 0 Å². The van der Waals surface area contributed by atoms with Crippen LogP contribution in [-0.2, 0) is 0 Å². The molecule has 0 bridgehead atoms. The molecule has 2 rings (SSSR count). The van der Waals surface area contributed by atoms with Crippen LogP contribution in [0.5, 0.6) is 11.8 Å². The van der Waals surface area contributed by atoms with Gasteiger partial charge in [0, 0.05) is 16.9 Å². The van der Waals surface area contributed by atoms with Crippen molar-refractivity contribution >= 4 is 17.6 Å². The molecule has 6 heteroatoms. The van der Waals surface area contributed by atoms with Crippen molar-refractivity contribution in [3.63, 3.8) is 0 Å². The largest absolute Gasteiger partial charge is 0.478 e. The highest BCUT2D eigenvalue weighted by molar-refractivity contribution is 6.31. The number of benzene rings is 1. The summed E-state index contributed by atoms with van der Waals surface area (Å²) in [5, 5.41) is 9.37. The fourth-order valence-corrected chi connectivity index (χ4v) is 1.50. The second-order valence-corrected chi connectivity index (χ2v) is 3.96. The first-order valence-electron chi connectivity index (χ1n) is 5.06. The van der Waals surface area contributed by atoms with Crippen LogP contribution < -0.4 is 4.74 Å². The van der Waals surface area contributed by atoms with Crippen LogP contribution in [0.3, 0.4) is 0 Å². The van der Waals surface area contributed by atoms with Crippen molar-refractivity contribution < 1.29 is 14.6 Å². The third-order valence-corrected chi connectivity index (χ3v) is 2.38. The first kappa shape index (κ1) is 12.3. The van der Waals surface area contributed by atoms with Gasteiger partial charge in [-0.1, -0.05) is 11.6 Å². The van der Waals surface area contributed by atoms with E-state index in [4.69, 9.17) is 21.4 Å². The number of carboxylic acid groups (broad SMARTS) is 1. The first-order chi connectivity index (χ1) is 8.56. The number of hydrogen-bond donors (Lipinski definition) is 1. The molecule has 1 heterocycles. The number of hydrogen-bond acceptors (Lipinski definition) is 4. The smallest absolute Gasteiger partial charge is 0.339 e. The van der Waals surface area contributed by atoms with Gasteiger partial charge < -0.3 is 9.84 Å². The second-order valence-electron chi connectivity index (χ2n) is 3.53. The summed E-state index contributed by atoms with van der Waals surface area (Å²) < 4.78 is 5.34. The highest BCUT2D eigenvalue weighted by atomic mass is 35.5. The van der Waals surface area contributed by atoms with Crippen molar-refractivity contribution in [2.24, 2.45) is 0 Å². The Balaban J connectivity index is 2.37. The molecular weight excluding hydrogens is 256 g/mol. The van der Waals surface area contributed by atoms with E-state index in [1.165, 1.54) is 18.3 Å². The topological polar surface area (TPSA) is 72.3 Å². The maximum Gasteiger partial charge on any atom is 0.339 e. The van der Waals surface area contributed by atoms with Crippen LogP contribution >= 0.6 is 11.6 Å². The van der Waals surface area contributed by atoms with Crippen molar-refractivity contribution in [3.05, 3.63) is 46.7 Å². The summed E-state index contributed by atoms with van der Waals surface area (Å²) in [4.78, 5) is 19.0. The highest BCUT2D eigenvalue weighted by Crippen LogP contribution is 2.26. The van der Waals surface area contributed by atoms with Crippen LogP contribution in [0, 0.1) is 6.92 Å². The Bertz CT molecular complexity index is 602. The lowest BCUT2D eigenvalue weighted by Crippen LogP contribution is -2.01. The molecule has 0 aliphatic carbocycles. The number of rotatable bonds is 3. The quantitative estimate of drug-likeness (QED) is 0.923. The number of halogens is 1. The predicted octanol–water partition coefficient (Wildman–Crippen LogP) is 2.93. The van der Waals surface area contributed by atoms with Crippen LogP contribution in [0.1, 0.15) is 16.1 Å². The zero-order valence-corrected chi connectivity index (χ0v) is 10.2. The summed E-state index contributed by atoms with van der Waals surface area (Å²) in [5.74, 6) is -0.974. The van der Waals surface area contributed by atoms with E-state index in [-0.39, 0.29) is 17.3 Å². The lowest BCUT2D eigenvalue weighted by molar-refractivity contribution is 0.0694. The molecule has 0 amide bonds. The third-order valence-electron chi connectivity index (χ3n) is 2.15. The summed E-state index contributed by atoms with van der Waals surface area (Å²) in [7, 11) is 0. The molecule has 0 atom stereocenters. The number of carboxylic acids is 1. The van der Waals surface area contributed by atoms with Crippen molar-refractivity contribution in [2.45, 2.75) is 6.92 Å². The number of aryl methyl sites for hydroxylation is 1. The zero-order valence-electron chi connectivity index (χ0n) is 9.42. The molecule has 18 heavy (non-hydrogen) atoms. The molecule has 5 nitrogen and oxygen atoms in total. The van der Waals surface area contributed by atoms with E-state index < -0.39 is 5.97 Å². The normalized spacial score (nSPS) is 10.1. The second kappa shape index (κ2) is 5.01. The van der Waals surface area contributed by atoms with E-state index in [1.807, 2.05) is 0 Å². The maximum absolute atomic E-state index is 11.1. The van der Waals surface area contributed by atoms with E-state index in [1.54, 1.807) is 19.1 Å². The predicted molar refractivity (Wildman–Crippen MR) is 65.3 cm³/mol. The standard InChI is InChI=1S/C12H9ClN2O3/c1-7-4-5-14-12(15-7)18-10-3-2-8(13)6-9(10)11(16)17/h2-6H,1H3,(H,16,17). The van der Waals surface area contributed by atoms with Gasteiger partial charge in [-0.3, -0.25) is 0 Å². The molecule has 1 aromatic heterocycles. The fraction of sp³-hybridized carbons (Fsp3) is 0.0833. The maximum atomic E-state index is 11.1. The summed E-state index contributed by atoms with van der Waals surface area (Å²) in [6, 6.07) is 6.14. The SMILES string of the molecule is Cc1ccnc(Oc2ccc(Cl)cc2C(=O)O)n1. The average molecular weight is 265 g/mol. The molecule has 0 fully saturated rings. The zero-order chi connectivity index (χ0) is 13.1. The highest BCUT2D eigenvalue weighted by Gasteiger charge is 2.13. The van der Waals surface area contributed by atoms with Crippen LogP contribution in [0.25, 0.3) is 0 Å². The Morgan fingerprint density at radius 3 is 2.83 bits per heavy atom. The van der Waals surface area contributed by atoms with Gasteiger partial charge in [-0.2, -0.15) is 0 Å². The fourth-order valence-electron chi connectivity index (χ4n) is 1.33. The molecule has 0 saturated carbocycles. The van der Waals surface area contributed by atoms with Gasteiger partial charge in [-0.25, -0.2) is 14.8 Å². The molecule has 1 N–H and O–H groups in total. The third kappa shape index (κ3) is 2.75. The van der Waals surface area contributed by atoms with Gasteiger partial charge in [-0.15, -0.1) is 0 Å². The molecule has 0 aliphatic rings. The van der Waals surface area contributed by atoms with E-state index in [0.717, 1.165) is 5.69 Å². The Morgan fingerprint density at radius 1 is 1.39 bits per heavy atom. The lowest BCUT2D eigenvalue weighted by Gasteiger charge is -2.07. The lowest BCUT2D eigenvalue weighted by atomic mass is 10.2. The molecule has 0 aliphatic heterocycles. The molecule has 1 aromatic carbocycles. The average Bonchev–Trinajstić information content (AvgIpc) is 2.31. The molecule has 92 valence electrons. The number of aromatic carboxylic acids is 1. The molecule has 0 unspecified atom stereocenters. The van der Waals surface area contributed by atoms with Gasteiger partial charge in [0.15, 0.2) is 0 Å². The Kier molecular flexibility index (Phi) is 3.43. The minimum atomic E-state index is -1.12. The van der Waals surface area contributed by atoms with Crippen LogP contribution in [0.15, 0.2) is 30.5 Å². The Labute approximate surface area is 108 Å². The van der Waals surface area contributed by atoms with Gasteiger partial charge >= 0.3 is 12.0 Å². The molecule has 0 spiro atoms. The summed E-state index contributed by atoms with van der Waals surface area (Å²) in [6.07, 6.45) is 1.54. The Morgan fingerprint density at radius 2 is 2.17 bits per heavy atom. The van der Waals surface area contributed by atoms with Gasteiger partial charge in [0.1, 0.15) is 11.3 Å². The first-order valence-corrected chi connectivity index (χ1v) is 5.44.